The van der Waals surface area contributed by atoms with Crippen LogP contribution in [0.2, 0.25) is 0 Å². The lowest BCUT2D eigenvalue weighted by Gasteiger charge is -2.12. The molecule has 0 saturated heterocycles. The molecule has 6 heteroatoms. The van der Waals surface area contributed by atoms with E-state index in [1.54, 1.807) is 0 Å². The Morgan fingerprint density at radius 3 is 0.762 bits per heavy atom. The van der Waals surface area contributed by atoms with E-state index in [1.807, 2.05) is 24.5 Å². The molecule has 0 aliphatic carbocycles. The van der Waals surface area contributed by atoms with Gasteiger partial charge in [-0.2, -0.15) is 0 Å². The number of benzene rings is 10. The third-order valence-corrected chi connectivity index (χ3v) is 14.9. The Morgan fingerprint density at radius 2 is 0.438 bits per heavy atom. The predicted octanol–water partition coefficient (Wildman–Crippen LogP) is 18.7. The van der Waals surface area contributed by atoms with Gasteiger partial charge in [0.2, 0.25) is 0 Å². The molecule has 14 aromatic rings. The lowest BCUT2D eigenvalue weighted by molar-refractivity contribution is 1.18. The monoisotopic (exact) mass is 1020 g/mol. The van der Waals surface area contributed by atoms with Crippen LogP contribution in [0.5, 0.6) is 0 Å². The highest BCUT2D eigenvalue weighted by Crippen LogP contribution is 2.36. The first-order valence-corrected chi connectivity index (χ1v) is 26.8. The maximum Gasteiger partial charge on any atom is 0.160 e. The number of hydrogen-bond donors (Lipinski definition) is 0. The summed E-state index contributed by atoms with van der Waals surface area (Å²) in [6.07, 6.45) is 3.75. The van der Waals surface area contributed by atoms with Gasteiger partial charge in [-0.05, 0) is 68.4 Å². The summed E-state index contributed by atoms with van der Waals surface area (Å²) >= 11 is 0. The first kappa shape index (κ1) is 47.6. The Kier molecular flexibility index (Phi) is 12.5. The van der Waals surface area contributed by atoms with Crippen LogP contribution in [0.4, 0.5) is 0 Å². The van der Waals surface area contributed by atoms with E-state index in [4.69, 9.17) is 29.9 Å². The summed E-state index contributed by atoms with van der Waals surface area (Å²) in [6, 6.07) is 97.3. The van der Waals surface area contributed by atoms with Crippen molar-refractivity contribution < 1.29 is 0 Å². The molecular weight excluding hydrogens is 973 g/mol. The molecule has 0 unspecified atom stereocenters. The molecule has 0 atom stereocenters. The van der Waals surface area contributed by atoms with Gasteiger partial charge >= 0.3 is 0 Å². The van der Waals surface area contributed by atoms with E-state index in [2.05, 4.69) is 267 Å². The summed E-state index contributed by atoms with van der Waals surface area (Å²) < 4.78 is 0. The van der Waals surface area contributed by atoms with Crippen LogP contribution >= 0.6 is 0 Å². The number of aromatic nitrogens is 6. The van der Waals surface area contributed by atoms with Crippen molar-refractivity contribution in [2.45, 2.75) is 0 Å². The van der Waals surface area contributed by atoms with Crippen LogP contribution in [0.25, 0.3) is 145 Å². The number of fused-ring (bicyclic) bond motifs is 2. The summed E-state index contributed by atoms with van der Waals surface area (Å²) in [6.45, 7) is 0. The van der Waals surface area contributed by atoms with Crippen LogP contribution in [-0.4, -0.2) is 29.9 Å². The van der Waals surface area contributed by atoms with Gasteiger partial charge in [0.1, 0.15) is 0 Å². The highest BCUT2D eigenvalue weighted by Gasteiger charge is 2.16. The van der Waals surface area contributed by atoms with Crippen LogP contribution in [0.3, 0.4) is 0 Å². The zero-order valence-electron chi connectivity index (χ0n) is 43.4. The smallest absolute Gasteiger partial charge is 0.160 e. The quantitative estimate of drug-likeness (QED) is 0.128. The summed E-state index contributed by atoms with van der Waals surface area (Å²) in [5, 5.41) is 4.57. The topological polar surface area (TPSA) is 77.3 Å². The Labute approximate surface area is 464 Å². The van der Waals surface area contributed by atoms with Gasteiger partial charge in [-0.25, -0.2) is 19.9 Å². The SMILES string of the molecule is c1ccc(-c2ccc(-c3cc(-c4ccc(-c5nccc6ccccc56)cc4)nc(-c4ccc(-c5ccc(-c6nc(-c7ccc(-c8ccccc8)cc7)cc(-c7ccc(-c8nccc9ccccc89)cc7)n6)cc5)cc4)n3)cc2)cc1. The van der Waals surface area contributed by atoms with E-state index in [9.17, 15) is 0 Å². The van der Waals surface area contributed by atoms with Crippen molar-refractivity contribution >= 4 is 21.5 Å². The largest absolute Gasteiger partial charge is 0.256 e. The second kappa shape index (κ2) is 21.0. The summed E-state index contributed by atoms with van der Waals surface area (Å²) in [5.41, 5.74) is 20.0. The van der Waals surface area contributed by atoms with Crippen molar-refractivity contribution in [3.8, 4) is 124 Å². The fourth-order valence-electron chi connectivity index (χ4n) is 10.6. The second-order valence-corrected chi connectivity index (χ2v) is 19.9. The molecule has 0 N–H and O–H groups in total. The predicted molar refractivity (Wildman–Crippen MR) is 328 cm³/mol. The Bertz CT molecular complexity index is 4200. The van der Waals surface area contributed by atoms with Crippen molar-refractivity contribution in [2.75, 3.05) is 0 Å². The molecule has 4 aromatic heterocycles. The molecule has 14 rings (SSSR count). The van der Waals surface area contributed by atoms with Crippen LogP contribution < -0.4 is 0 Å². The third kappa shape index (κ3) is 9.59. The molecule has 6 nitrogen and oxygen atoms in total. The molecule has 0 aliphatic rings. The molecule has 0 aliphatic heterocycles. The highest BCUT2D eigenvalue weighted by molar-refractivity contribution is 5.96. The van der Waals surface area contributed by atoms with E-state index in [0.29, 0.717) is 11.6 Å². The van der Waals surface area contributed by atoms with Gasteiger partial charge in [0, 0.05) is 67.7 Å². The minimum Gasteiger partial charge on any atom is -0.256 e. The maximum absolute atomic E-state index is 5.23. The normalized spacial score (nSPS) is 11.2. The summed E-state index contributed by atoms with van der Waals surface area (Å²) in [4.78, 5) is 30.4. The first-order chi connectivity index (χ1) is 39.6. The molecule has 0 radical (unpaired) electrons. The lowest BCUT2D eigenvalue weighted by atomic mass is 9.99. The zero-order valence-corrected chi connectivity index (χ0v) is 43.4. The summed E-state index contributed by atoms with van der Waals surface area (Å²) in [5.74, 6) is 1.29. The van der Waals surface area contributed by atoms with Crippen molar-refractivity contribution in [2.24, 2.45) is 0 Å². The van der Waals surface area contributed by atoms with Crippen molar-refractivity contribution in [1.82, 2.24) is 29.9 Å². The first-order valence-electron chi connectivity index (χ1n) is 26.8. The molecule has 0 fully saturated rings. The van der Waals surface area contributed by atoms with Crippen LogP contribution in [0, 0.1) is 0 Å². The van der Waals surface area contributed by atoms with Gasteiger partial charge in [0.15, 0.2) is 11.6 Å². The van der Waals surface area contributed by atoms with Gasteiger partial charge < -0.3 is 0 Å². The van der Waals surface area contributed by atoms with Gasteiger partial charge in [0.05, 0.1) is 34.2 Å². The molecule has 4 heterocycles. The van der Waals surface area contributed by atoms with E-state index < -0.39 is 0 Å². The fourth-order valence-corrected chi connectivity index (χ4v) is 10.6. The molecule has 0 spiro atoms. The Morgan fingerprint density at radius 1 is 0.188 bits per heavy atom. The number of nitrogens with zero attached hydrogens (tertiary/aromatic N) is 6. The number of rotatable bonds is 11. The molecule has 374 valence electrons. The standard InChI is InChI=1S/C74H48N6/c1-3-11-49(12-4-1)51-19-27-57(28-20-51)67-47-69(59-31-35-61(36-32-59)71-65-17-9-7-15-55(65)43-45-75-71)79-73(77-67)63-39-23-53(24-40-63)54-25-41-64(42-26-54)74-78-68(58-29-21-52(22-30-58)50-13-5-2-6-14-50)48-70(80-74)60-33-37-62(38-34-60)72-66-18-10-8-16-56(66)44-46-76-72/h1-48H. The molecular formula is C74H48N6. The maximum atomic E-state index is 5.23. The molecule has 10 aromatic carbocycles. The Hall–Kier alpha value is -10.8. The average Bonchev–Trinajstić information content (AvgIpc) is 3.56. The number of hydrogen-bond acceptors (Lipinski definition) is 6. The molecule has 0 bridgehead atoms. The number of pyridine rings is 2. The van der Waals surface area contributed by atoms with Crippen molar-refractivity contribution in [3.63, 3.8) is 0 Å². The van der Waals surface area contributed by atoms with Gasteiger partial charge in [-0.15, -0.1) is 0 Å². The lowest BCUT2D eigenvalue weighted by Crippen LogP contribution is -1.96. The summed E-state index contributed by atoms with van der Waals surface area (Å²) in [7, 11) is 0. The van der Waals surface area contributed by atoms with E-state index in [1.165, 1.54) is 11.1 Å². The molecule has 0 amide bonds. The molecule has 80 heavy (non-hydrogen) atoms. The van der Waals surface area contributed by atoms with E-state index in [-0.39, 0.29) is 0 Å². The molecule has 0 saturated carbocycles. The van der Waals surface area contributed by atoms with Crippen LogP contribution in [0.1, 0.15) is 0 Å². The van der Waals surface area contributed by atoms with Gasteiger partial charge in [0.25, 0.3) is 0 Å². The minimum atomic E-state index is 0.647. The minimum absolute atomic E-state index is 0.647. The van der Waals surface area contributed by atoms with Crippen LogP contribution in [-0.2, 0) is 0 Å². The van der Waals surface area contributed by atoms with Crippen LogP contribution in [0.15, 0.2) is 291 Å². The van der Waals surface area contributed by atoms with E-state index >= 15 is 0 Å². The van der Waals surface area contributed by atoms with E-state index in [0.717, 1.165) is 122 Å². The third-order valence-electron chi connectivity index (χ3n) is 14.9. The van der Waals surface area contributed by atoms with Gasteiger partial charge in [-0.1, -0.05) is 255 Å². The Balaban J connectivity index is 0.781. The average molecular weight is 1020 g/mol. The highest BCUT2D eigenvalue weighted by atomic mass is 14.9. The van der Waals surface area contributed by atoms with Gasteiger partial charge in [-0.3, -0.25) is 9.97 Å². The van der Waals surface area contributed by atoms with Crippen molar-refractivity contribution in [3.05, 3.63) is 291 Å². The second-order valence-electron chi connectivity index (χ2n) is 19.9. The fraction of sp³-hybridized carbons (Fsp3) is 0. The van der Waals surface area contributed by atoms with Crippen molar-refractivity contribution in [1.29, 1.82) is 0 Å². The zero-order chi connectivity index (χ0) is 53.2.